The van der Waals surface area contributed by atoms with Crippen LogP contribution in [0.2, 0.25) is 0 Å². The summed E-state index contributed by atoms with van der Waals surface area (Å²) in [5.41, 5.74) is 0.917. The summed E-state index contributed by atoms with van der Waals surface area (Å²) >= 11 is 6.32. The molecule has 1 aliphatic heterocycles. The molecule has 1 aliphatic rings. The second-order valence-corrected chi connectivity index (χ2v) is 4.62. The lowest BCUT2D eigenvalue weighted by Crippen LogP contribution is -2.22. The Bertz CT molecular complexity index is 526. The van der Waals surface area contributed by atoms with Gasteiger partial charge in [0.15, 0.2) is 6.10 Å². The molecule has 1 saturated heterocycles. The van der Waals surface area contributed by atoms with Crippen LogP contribution in [-0.2, 0) is 9.47 Å². The van der Waals surface area contributed by atoms with Crippen molar-refractivity contribution >= 4 is 11.6 Å². The predicted molar refractivity (Wildman–Crippen MR) is 67.9 cm³/mol. The number of hydrogen-bond acceptors (Lipinski definition) is 5. The Hall–Kier alpha value is -1.43. The molecule has 100 valence electrons. The average Bonchev–Trinajstić information content (AvgIpc) is 2.98. The summed E-state index contributed by atoms with van der Waals surface area (Å²) in [5, 5.41) is 7.51. The van der Waals surface area contributed by atoms with Crippen LogP contribution in [-0.4, -0.2) is 30.0 Å². The van der Waals surface area contributed by atoms with Crippen LogP contribution in [0.4, 0.5) is 0 Å². The van der Waals surface area contributed by atoms with Crippen molar-refractivity contribution in [3.05, 3.63) is 47.7 Å². The van der Waals surface area contributed by atoms with E-state index in [0.717, 1.165) is 5.56 Å². The quantitative estimate of drug-likeness (QED) is 0.809. The van der Waals surface area contributed by atoms with Crippen LogP contribution in [0, 0.1) is 0 Å². The molecule has 1 fully saturated rings. The summed E-state index contributed by atoms with van der Waals surface area (Å²) in [7, 11) is 0. The second-order valence-electron chi connectivity index (χ2n) is 4.19. The molecule has 0 saturated carbocycles. The Balaban J connectivity index is 1.77. The van der Waals surface area contributed by atoms with E-state index in [9.17, 15) is 0 Å². The number of nitrogens with zero attached hydrogens (tertiary/aromatic N) is 2. The molecule has 0 bridgehead atoms. The first-order valence-corrected chi connectivity index (χ1v) is 6.50. The van der Waals surface area contributed by atoms with E-state index in [2.05, 4.69) is 10.2 Å². The molecule has 1 aromatic heterocycles. The van der Waals surface area contributed by atoms with Gasteiger partial charge < -0.3 is 13.9 Å². The highest BCUT2D eigenvalue weighted by Crippen LogP contribution is 2.29. The molecule has 0 radical (unpaired) electrons. The summed E-state index contributed by atoms with van der Waals surface area (Å²) in [6, 6.07) is 9.60. The first kappa shape index (κ1) is 12.6. The third kappa shape index (κ3) is 2.78. The Morgan fingerprint density at radius 1 is 1.16 bits per heavy atom. The van der Waals surface area contributed by atoms with Gasteiger partial charge in [0.25, 0.3) is 0 Å². The molecule has 2 unspecified atom stereocenters. The smallest absolute Gasteiger partial charge is 0.247 e. The molecule has 0 spiro atoms. The van der Waals surface area contributed by atoms with E-state index in [-0.39, 0.29) is 6.10 Å². The maximum atomic E-state index is 6.32. The molecule has 2 atom stereocenters. The zero-order valence-electron chi connectivity index (χ0n) is 10.2. The van der Waals surface area contributed by atoms with E-state index in [1.165, 1.54) is 0 Å². The van der Waals surface area contributed by atoms with Crippen molar-refractivity contribution in [1.29, 1.82) is 0 Å². The molecular formula is C13H13ClN2O3. The number of alkyl halides is 1. The maximum absolute atomic E-state index is 6.32. The molecule has 6 heteroatoms. The van der Waals surface area contributed by atoms with Crippen LogP contribution in [0.5, 0.6) is 0 Å². The third-order valence-electron chi connectivity index (χ3n) is 2.86. The fourth-order valence-corrected chi connectivity index (χ4v) is 2.11. The molecule has 0 amide bonds. The number of rotatable bonds is 3. The number of hydrogen-bond donors (Lipinski definition) is 0. The summed E-state index contributed by atoms with van der Waals surface area (Å²) in [6.07, 6.45) is -0.297. The normalized spacial score (nSPS) is 21.2. The number of benzene rings is 1. The van der Waals surface area contributed by atoms with Gasteiger partial charge >= 0.3 is 0 Å². The number of halogens is 1. The maximum Gasteiger partial charge on any atom is 0.247 e. The molecule has 19 heavy (non-hydrogen) atoms. The molecule has 0 N–H and O–H groups in total. The summed E-state index contributed by atoms with van der Waals surface area (Å²) in [4.78, 5) is 0. The first-order chi connectivity index (χ1) is 9.34. The summed E-state index contributed by atoms with van der Waals surface area (Å²) in [6.45, 7) is 1.56. The topological polar surface area (TPSA) is 57.4 Å². The van der Waals surface area contributed by atoms with Gasteiger partial charge in [0, 0.05) is 0 Å². The van der Waals surface area contributed by atoms with E-state index in [4.69, 9.17) is 25.5 Å². The van der Waals surface area contributed by atoms with Gasteiger partial charge in [-0.25, -0.2) is 0 Å². The fraction of sp³-hybridized carbons (Fsp3) is 0.385. The van der Waals surface area contributed by atoms with Crippen molar-refractivity contribution in [3.8, 4) is 0 Å². The molecule has 0 aliphatic carbocycles. The highest BCUT2D eigenvalue weighted by atomic mass is 35.5. The Morgan fingerprint density at radius 3 is 2.74 bits per heavy atom. The predicted octanol–water partition coefficient (Wildman–Crippen LogP) is 2.49. The van der Waals surface area contributed by atoms with Gasteiger partial charge in [-0.1, -0.05) is 30.3 Å². The van der Waals surface area contributed by atoms with E-state index in [0.29, 0.717) is 31.6 Å². The lowest BCUT2D eigenvalue weighted by atomic mass is 10.1. The molecule has 2 aromatic rings. The lowest BCUT2D eigenvalue weighted by molar-refractivity contribution is -0.0998. The molecule has 2 heterocycles. The molecular weight excluding hydrogens is 268 g/mol. The number of ether oxygens (including phenoxy) is 2. The Labute approximate surface area is 115 Å². The zero-order valence-corrected chi connectivity index (χ0v) is 10.9. The number of aromatic nitrogens is 2. The summed E-state index contributed by atoms with van der Waals surface area (Å²) < 4.78 is 16.4. The van der Waals surface area contributed by atoms with E-state index >= 15 is 0 Å². The van der Waals surface area contributed by atoms with Crippen molar-refractivity contribution in [2.75, 3.05) is 19.8 Å². The first-order valence-electron chi connectivity index (χ1n) is 6.06. The second kappa shape index (κ2) is 5.69. The van der Waals surface area contributed by atoms with Crippen LogP contribution in [0.15, 0.2) is 34.7 Å². The SMILES string of the molecule is ClC(c1ccccc1)c1nnc(C2COCCO2)o1. The summed E-state index contributed by atoms with van der Waals surface area (Å²) in [5.74, 6) is 0.785. The van der Waals surface area contributed by atoms with Crippen LogP contribution in [0.1, 0.15) is 28.8 Å². The van der Waals surface area contributed by atoms with Gasteiger partial charge in [-0.15, -0.1) is 21.8 Å². The minimum Gasteiger partial charge on any atom is -0.420 e. The van der Waals surface area contributed by atoms with Gasteiger partial charge in [0.05, 0.1) is 19.8 Å². The third-order valence-corrected chi connectivity index (χ3v) is 3.30. The Morgan fingerprint density at radius 2 is 2.00 bits per heavy atom. The zero-order chi connectivity index (χ0) is 13.1. The van der Waals surface area contributed by atoms with Gasteiger partial charge in [-0.2, -0.15) is 0 Å². The van der Waals surface area contributed by atoms with Crippen LogP contribution in [0.25, 0.3) is 0 Å². The van der Waals surface area contributed by atoms with Gasteiger partial charge in [-0.3, -0.25) is 0 Å². The highest BCUT2D eigenvalue weighted by Gasteiger charge is 2.25. The standard InChI is InChI=1S/C13H13ClN2O3/c14-11(9-4-2-1-3-5-9)13-16-15-12(19-13)10-8-17-6-7-18-10/h1-5,10-11H,6-8H2. The van der Waals surface area contributed by atoms with Gasteiger partial charge in [0.2, 0.25) is 11.8 Å². The molecule has 5 nitrogen and oxygen atoms in total. The average molecular weight is 281 g/mol. The molecule has 3 rings (SSSR count). The van der Waals surface area contributed by atoms with Crippen LogP contribution in [0.3, 0.4) is 0 Å². The van der Waals surface area contributed by atoms with Crippen molar-refractivity contribution in [2.45, 2.75) is 11.5 Å². The minimum absolute atomic E-state index is 0.297. The minimum atomic E-state index is -0.452. The molecule has 1 aromatic carbocycles. The van der Waals surface area contributed by atoms with Crippen molar-refractivity contribution in [3.63, 3.8) is 0 Å². The highest BCUT2D eigenvalue weighted by molar-refractivity contribution is 6.22. The largest absolute Gasteiger partial charge is 0.420 e. The van der Waals surface area contributed by atoms with Crippen molar-refractivity contribution in [1.82, 2.24) is 10.2 Å². The monoisotopic (exact) mass is 280 g/mol. The van der Waals surface area contributed by atoms with E-state index in [1.807, 2.05) is 30.3 Å². The van der Waals surface area contributed by atoms with Crippen LogP contribution >= 0.6 is 11.6 Å². The van der Waals surface area contributed by atoms with Crippen LogP contribution < -0.4 is 0 Å². The Kier molecular flexibility index (Phi) is 3.77. The van der Waals surface area contributed by atoms with E-state index < -0.39 is 5.38 Å². The van der Waals surface area contributed by atoms with Crippen molar-refractivity contribution < 1.29 is 13.9 Å². The van der Waals surface area contributed by atoms with E-state index in [1.54, 1.807) is 0 Å². The van der Waals surface area contributed by atoms with Gasteiger partial charge in [0.1, 0.15) is 5.38 Å². The fourth-order valence-electron chi connectivity index (χ4n) is 1.87. The van der Waals surface area contributed by atoms with Gasteiger partial charge in [-0.05, 0) is 5.56 Å². The lowest BCUT2D eigenvalue weighted by Gasteiger charge is -2.19. The van der Waals surface area contributed by atoms with Crippen molar-refractivity contribution in [2.24, 2.45) is 0 Å².